The van der Waals surface area contributed by atoms with E-state index in [0.717, 1.165) is 24.9 Å². The first-order chi connectivity index (χ1) is 13.5. The Kier molecular flexibility index (Phi) is 5.02. The van der Waals surface area contributed by atoms with Crippen molar-refractivity contribution in [3.63, 3.8) is 0 Å². The van der Waals surface area contributed by atoms with Crippen LogP contribution in [0.3, 0.4) is 0 Å². The maximum Gasteiger partial charge on any atom is 0.179 e. The number of halogens is 1. The summed E-state index contributed by atoms with van der Waals surface area (Å²) in [7, 11) is 7.64. The van der Waals surface area contributed by atoms with E-state index >= 15 is 0 Å². The van der Waals surface area contributed by atoms with Crippen molar-refractivity contribution < 1.29 is 9.47 Å². The quantitative estimate of drug-likeness (QED) is 0.623. The van der Waals surface area contributed by atoms with Gasteiger partial charge in [0.05, 0.1) is 25.3 Å². The molecular formula is C23H27ClN2O2. The van der Waals surface area contributed by atoms with Crippen LogP contribution < -0.4 is 9.47 Å². The summed E-state index contributed by atoms with van der Waals surface area (Å²) in [6.45, 7) is 3.20. The van der Waals surface area contributed by atoms with Crippen LogP contribution in [-0.2, 0) is 19.9 Å². The number of methoxy groups -OCH3 is 2. The molecule has 0 amide bonds. The average molecular weight is 399 g/mol. The molecule has 0 saturated carbocycles. The van der Waals surface area contributed by atoms with Gasteiger partial charge < -0.3 is 14.0 Å². The minimum Gasteiger partial charge on any atom is -0.493 e. The Morgan fingerprint density at radius 3 is 2.61 bits per heavy atom. The number of benzene rings is 2. The molecule has 148 valence electrons. The zero-order chi connectivity index (χ0) is 20.0. The van der Waals surface area contributed by atoms with Crippen LogP contribution in [0.15, 0.2) is 30.3 Å². The van der Waals surface area contributed by atoms with Crippen molar-refractivity contribution in [3.05, 3.63) is 57.7 Å². The fourth-order valence-electron chi connectivity index (χ4n) is 4.54. The molecule has 4 rings (SSSR count). The van der Waals surface area contributed by atoms with Gasteiger partial charge >= 0.3 is 0 Å². The summed E-state index contributed by atoms with van der Waals surface area (Å²) in [5.41, 5.74) is 6.54. The highest BCUT2D eigenvalue weighted by atomic mass is 35.5. The Labute approximate surface area is 171 Å². The number of rotatable bonds is 4. The molecular weight excluding hydrogens is 372 g/mol. The van der Waals surface area contributed by atoms with Crippen molar-refractivity contribution in [3.8, 4) is 11.5 Å². The number of hydrogen-bond donors (Lipinski definition) is 0. The standard InChI is InChI=1S/C23H27ClN2O2/c1-14-6-8-18-17(12-14)16-10-11-25(2)19(22(16)26(18)3)13-15-7-9-20(27-4)23(28-5)21(15)24/h6-9,12,19H,10-11,13H2,1-5H3. The van der Waals surface area contributed by atoms with Crippen LogP contribution in [-0.4, -0.2) is 37.3 Å². The molecule has 4 nitrogen and oxygen atoms in total. The van der Waals surface area contributed by atoms with Crippen LogP contribution in [0.5, 0.6) is 11.5 Å². The first-order valence-electron chi connectivity index (χ1n) is 9.63. The molecule has 5 heteroatoms. The fourth-order valence-corrected chi connectivity index (χ4v) is 4.85. The summed E-state index contributed by atoms with van der Waals surface area (Å²) in [5.74, 6) is 1.27. The molecule has 1 aliphatic rings. The van der Waals surface area contributed by atoms with Gasteiger partial charge in [0.2, 0.25) is 0 Å². The minimum absolute atomic E-state index is 0.261. The molecule has 2 heterocycles. The topological polar surface area (TPSA) is 26.6 Å². The Bertz CT molecular complexity index is 1040. The van der Waals surface area contributed by atoms with Crippen molar-refractivity contribution in [1.82, 2.24) is 9.47 Å². The third-order valence-corrected chi connectivity index (χ3v) is 6.46. The van der Waals surface area contributed by atoms with Gasteiger partial charge in [0.1, 0.15) is 0 Å². The second-order valence-corrected chi connectivity index (χ2v) is 8.05. The first-order valence-corrected chi connectivity index (χ1v) is 10.0. The van der Waals surface area contributed by atoms with E-state index in [1.54, 1.807) is 14.2 Å². The van der Waals surface area contributed by atoms with E-state index < -0.39 is 0 Å². The highest BCUT2D eigenvalue weighted by Crippen LogP contribution is 2.42. The number of aromatic nitrogens is 1. The molecule has 1 atom stereocenters. The lowest BCUT2D eigenvalue weighted by atomic mass is 9.92. The van der Waals surface area contributed by atoms with Crippen molar-refractivity contribution >= 4 is 22.5 Å². The second-order valence-electron chi connectivity index (χ2n) is 7.67. The van der Waals surface area contributed by atoms with Crippen molar-refractivity contribution in [1.29, 1.82) is 0 Å². The van der Waals surface area contributed by atoms with Gasteiger partial charge in [0, 0.05) is 30.2 Å². The van der Waals surface area contributed by atoms with Crippen LogP contribution in [0, 0.1) is 6.92 Å². The SMILES string of the molecule is COc1ccc(CC2c3c(c4cc(C)ccc4n3C)CCN2C)c(Cl)c1OC. The van der Waals surface area contributed by atoms with Crippen molar-refractivity contribution in [2.45, 2.75) is 25.8 Å². The molecule has 0 N–H and O–H groups in total. The fraction of sp³-hybridized carbons (Fsp3) is 0.391. The average Bonchev–Trinajstić information content (AvgIpc) is 2.96. The lowest BCUT2D eigenvalue weighted by Crippen LogP contribution is -2.34. The predicted octanol–water partition coefficient (Wildman–Crippen LogP) is 4.93. The van der Waals surface area contributed by atoms with E-state index in [2.05, 4.69) is 54.8 Å². The van der Waals surface area contributed by atoms with E-state index in [1.807, 2.05) is 6.07 Å². The summed E-state index contributed by atoms with van der Waals surface area (Å²) >= 11 is 6.70. The van der Waals surface area contributed by atoms with Gasteiger partial charge in [-0.3, -0.25) is 4.90 Å². The van der Waals surface area contributed by atoms with Gasteiger partial charge in [-0.2, -0.15) is 0 Å². The Morgan fingerprint density at radius 1 is 1.11 bits per heavy atom. The zero-order valence-electron chi connectivity index (χ0n) is 17.2. The van der Waals surface area contributed by atoms with Gasteiger partial charge in [-0.25, -0.2) is 0 Å². The molecule has 28 heavy (non-hydrogen) atoms. The maximum absolute atomic E-state index is 6.70. The highest BCUT2D eigenvalue weighted by Gasteiger charge is 2.31. The molecule has 3 aromatic rings. The summed E-state index contributed by atoms with van der Waals surface area (Å²) in [6, 6.07) is 11.0. The predicted molar refractivity (Wildman–Crippen MR) is 115 cm³/mol. The molecule has 1 unspecified atom stereocenters. The van der Waals surface area contributed by atoms with Crippen LogP contribution in [0.2, 0.25) is 5.02 Å². The Balaban J connectivity index is 1.81. The number of hydrogen-bond acceptors (Lipinski definition) is 3. The van der Waals surface area contributed by atoms with Gasteiger partial charge in [0.25, 0.3) is 0 Å². The zero-order valence-corrected chi connectivity index (χ0v) is 17.9. The summed E-state index contributed by atoms with van der Waals surface area (Å²) < 4.78 is 13.2. The number of fused-ring (bicyclic) bond motifs is 3. The van der Waals surface area contributed by atoms with Crippen LogP contribution in [0.4, 0.5) is 0 Å². The monoisotopic (exact) mass is 398 g/mol. The molecule has 2 aromatic carbocycles. The van der Waals surface area contributed by atoms with Gasteiger partial charge in [-0.05, 0) is 56.1 Å². The number of aryl methyl sites for hydroxylation is 2. The van der Waals surface area contributed by atoms with Gasteiger partial charge in [-0.1, -0.05) is 29.3 Å². The highest BCUT2D eigenvalue weighted by molar-refractivity contribution is 6.33. The summed E-state index contributed by atoms with van der Waals surface area (Å²) in [4.78, 5) is 2.43. The van der Waals surface area contributed by atoms with Crippen molar-refractivity contribution in [2.75, 3.05) is 27.8 Å². The molecule has 0 spiro atoms. The molecule has 0 saturated heterocycles. The molecule has 0 bridgehead atoms. The number of likely N-dealkylation sites (N-methyl/N-ethyl adjacent to an activating group) is 1. The minimum atomic E-state index is 0.261. The van der Waals surface area contributed by atoms with Crippen molar-refractivity contribution in [2.24, 2.45) is 7.05 Å². The third-order valence-electron chi connectivity index (χ3n) is 6.05. The van der Waals surface area contributed by atoms with Crippen LogP contribution in [0.1, 0.15) is 28.4 Å². The molecule has 0 aliphatic carbocycles. The van der Waals surface area contributed by atoms with Gasteiger partial charge in [-0.15, -0.1) is 0 Å². The second kappa shape index (κ2) is 7.34. The van der Waals surface area contributed by atoms with E-state index in [1.165, 1.54) is 27.7 Å². The smallest absolute Gasteiger partial charge is 0.179 e. The van der Waals surface area contributed by atoms with E-state index in [4.69, 9.17) is 21.1 Å². The molecule has 1 aliphatic heterocycles. The number of ether oxygens (including phenoxy) is 2. The molecule has 1 aromatic heterocycles. The lowest BCUT2D eigenvalue weighted by molar-refractivity contribution is 0.221. The maximum atomic E-state index is 6.70. The van der Waals surface area contributed by atoms with E-state index in [9.17, 15) is 0 Å². The lowest BCUT2D eigenvalue weighted by Gasteiger charge is -2.34. The van der Waals surface area contributed by atoms with E-state index in [-0.39, 0.29) is 6.04 Å². The van der Waals surface area contributed by atoms with Gasteiger partial charge in [0.15, 0.2) is 11.5 Å². The van der Waals surface area contributed by atoms with E-state index in [0.29, 0.717) is 16.5 Å². The summed E-state index contributed by atoms with van der Waals surface area (Å²) in [5, 5.41) is 2.02. The molecule has 0 fully saturated rings. The Morgan fingerprint density at radius 2 is 1.89 bits per heavy atom. The normalized spacial score (nSPS) is 17.0. The number of nitrogens with zero attached hydrogens (tertiary/aromatic N) is 2. The third kappa shape index (κ3) is 2.96. The van der Waals surface area contributed by atoms with Crippen LogP contribution in [0.25, 0.3) is 10.9 Å². The Hall–Kier alpha value is -2.17. The van der Waals surface area contributed by atoms with Crippen LogP contribution >= 0.6 is 11.6 Å². The first kappa shape index (κ1) is 19.2. The summed E-state index contributed by atoms with van der Waals surface area (Å²) in [6.07, 6.45) is 1.90. The molecule has 0 radical (unpaired) electrons. The largest absolute Gasteiger partial charge is 0.493 e.